The molecule has 4 heterocycles. The maximum Gasteiger partial charge on any atom is 0.250 e. The van der Waals surface area contributed by atoms with Crippen LogP contribution in [0.1, 0.15) is 50.8 Å². The predicted molar refractivity (Wildman–Crippen MR) is 111 cm³/mol. The fraction of sp³-hybridized carbons (Fsp3) is 0.650. The van der Waals surface area contributed by atoms with Gasteiger partial charge in [0.15, 0.2) is 11.3 Å². The molecular weight excluding hydrogens is 426 g/mol. The van der Waals surface area contributed by atoms with E-state index in [2.05, 4.69) is 27.1 Å². The molecule has 1 aliphatic heterocycles. The number of halogens is 2. The number of alkyl halides is 2. The third kappa shape index (κ3) is 3.71. The van der Waals surface area contributed by atoms with Crippen LogP contribution in [-0.4, -0.2) is 62.1 Å². The van der Waals surface area contributed by atoms with Crippen LogP contribution in [0.5, 0.6) is 0 Å². The summed E-state index contributed by atoms with van der Waals surface area (Å²) in [6.07, 6.45) is 5.08. The lowest BCUT2D eigenvalue weighted by Crippen LogP contribution is -2.44. The Hall–Kier alpha value is -2.14. The average Bonchev–Trinajstić information content (AvgIpc) is 3.43. The Morgan fingerprint density at radius 3 is 2.74 bits per heavy atom. The molecule has 0 bridgehead atoms. The predicted octanol–water partition coefficient (Wildman–Crippen LogP) is 3.19. The molecule has 1 aliphatic carbocycles. The van der Waals surface area contributed by atoms with Crippen molar-refractivity contribution in [3.63, 3.8) is 0 Å². The van der Waals surface area contributed by atoms with Gasteiger partial charge in [0.05, 0.1) is 17.5 Å². The third-order valence-corrected chi connectivity index (χ3v) is 8.95. The van der Waals surface area contributed by atoms with Crippen LogP contribution < -0.4 is 0 Å². The maximum absolute atomic E-state index is 13.4. The number of nitrogens with zero attached hydrogens (tertiary/aromatic N) is 5. The third-order valence-electron chi connectivity index (χ3n) is 6.91. The van der Waals surface area contributed by atoms with E-state index in [-0.39, 0.29) is 30.7 Å². The van der Waals surface area contributed by atoms with Gasteiger partial charge < -0.3 is 4.98 Å². The second-order valence-corrected chi connectivity index (χ2v) is 10.9. The highest BCUT2D eigenvalue weighted by atomic mass is 32.2. The second-order valence-electron chi connectivity index (χ2n) is 8.87. The normalized spacial score (nSPS) is 27.4. The minimum absolute atomic E-state index is 0.00340. The highest BCUT2D eigenvalue weighted by molar-refractivity contribution is 7.89. The average molecular weight is 453 g/mol. The molecule has 2 aliphatic rings. The monoisotopic (exact) mass is 452 g/mol. The topological polar surface area (TPSA) is 96.2 Å². The number of sulfonamides is 1. The molecule has 1 saturated heterocycles. The zero-order chi connectivity index (χ0) is 21.8. The first-order chi connectivity index (χ1) is 14.8. The van der Waals surface area contributed by atoms with Gasteiger partial charge in [0.1, 0.15) is 5.82 Å². The van der Waals surface area contributed by atoms with Gasteiger partial charge in [-0.25, -0.2) is 26.5 Å². The summed E-state index contributed by atoms with van der Waals surface area (Å²) < 4.78 is 56.0. The lowest BCUT2D eigenvalue weighted by atomic mass is 9.93. The van der Waals surface area contributed by atoms with Crippen molar-refractivity contribution in [3.05, 3.63) is 24.3 Å². The molecule has 1 N–H and O–H groups in total. The van der Waals surface area contributed by atoms with Gasteiger partial charge >= 0.3 is 0 Å². The van der Waals surface area contributed by atoms with E-state index >= 15 is 0 Å². The summed E-state index contributed by atoms with van der Waals surface area (Å²) in [5.74, 6) is -1.56. The van der Waals surface area contributed by atoms with Crippen molar-refractivity contribution >= 4 is 26.8 Å². The van der Waals surface area contributed by atoms with Crippen LogP contribution in [0, 0.1) is 11.8 Å². The molecule has 2 fully saturated rings. The van der Waals surface area contributed by atoms with Gasteiger partial charge in [-0.05, 0) is 30.7 Å². The largest absolute Gasteiger partial charge is 0.345 e. The van der Waals surface area contributed by atoms with Crippen molar-refractivity contribution in [3.8, 4) is 0 Å². The Bertz CT molecular complexity index is 1200. The van der Waals surface area contributed by atoms with Crippen LogP contribution in [0.25, 0.3) is 16.8 Å². The quantitative estimate of drug-likeness (QED) is 0.641. The minimum Gasteiger partial charge on any atom is -0.345 e. The van der Waals surface area contributed by atoms with Crippen molar-refractivity contribution < 1.29 is 17.2 Å². The molecule has 31 heavy (non-hydrogen) atoms. The van der Waals surface area contributed by atoms with Crippen LogP contribution in [0.2, 0.25) is 0 Å². The number of aromatic nitrogens is 5. The minimum atomic E-state index is -3.57. The molecule has 3 atom stereocenters. The zero-order valence-corrected chi connectivity index (χ0v) is 18.2. The van der Waals surface area contributed by atoms with E-state index in [1.165, 1.54) is 4.31 Å². The van der Waals surface area contributed by atoms with Crippen LogP contribution in [0.4, 0.5) is 8.78 Å². The first-order valence-corrected chi connectivity index (χ1v) is 12.4. The summed E-state index contributed by atoms with van der Waals surface area (Å²) in [5, 5.41) is 8.75. The van der Waals surface area contributed by atoms with E-state index in [1.807, 2.05) is 16.7 Å². The molecular formula is C20H26F2N6O2S. The number of piperidine rings is 1. The SMILES string of the molecule is CC[C@@H]1C[C@H](CS(=O)(=O)N2CCC(F)(F)CC2)C[C@@H]1c1nnc2cnc3[nH]ccc3n12. The zero-order valence-electron chi connectivity index (χ0n) is 17.3. The maximum atomic E-state index is 13.4. The number of aromatic amines is 1. The summed E-state index contributed by atoms with van der Waals surface area (Å²) in [6, 6.07) is 1.94. The van der Waals surface area contributed by atoms with Gasteiger partial charge in [0, 0.05) is 38.0 Å². The van der Waals surface area contributed by atoms with E-state index < -0.39 is 28.8 Å². The van der Waals surface area contributed by atoms with E-state index in [0.29, 0.717) is 18.0 Å². The first-order valence-electron chi connectivity index (χ1n) is 10.8. The number of hydrogen-bond donors (Lipinski definition) is 1. The Morgan fingerprint density at radius 2 is 2.00 bits per heavy atom. The molecule has 0 spiro atoms. The van der Waals surface area contributed by atoms with E-state index in [0.717, 1.165) is 29.8 Å². The standard InChI is InChI=1S/C20H26F2N6O2S/c1-2-14-9-13(12-31(29,30)27-7-4-20(21,22)5-8-27)10-15(14)19-26-25-17-11-24-18-16(28(17)19)3-6-23-18/h3,6,11,13-15,23H,2,4-5,7-10,12H2,1H3/t13-,14+,15-/m0/s1. The summed E-state index contributed by atoms with van der Waals surface area (Å²) >= 11 is 0. The Labute approximate surface area is 179 Å². The molecule has 3 aromatic heterocycles. The van der Waals surface area contributed by atoms with Gasteiger partial charge in [-0.15, -0.1) is 10.2 Å². The Kier molecular flexibility index (Phi) is 5.00. The Morgan fingerprint density at radius 1 is 1.23 bits per heavy atom. The highest BCUT2D eigenvalue weighted by Crippen LogP contribution is 2.45. The molecule has 0 radical (unpaired) electrons. The number of fused-ring (bicyclic) bond motifs is 3. The lowest BCUT2D eigenvalue weighted by Gasteiger charge is -2.31. The molecule has 0 amide bonds. The second kappa shape index (κ2) is 7.47. The van der Waals surface area contributed by atoms with Crippen molar-refractivity contribution in [2.45, 2.75) is 50.9 Å². The van der Waals surface area contributed by atoms with Gasteiger partial charge in [-0.2, -0.15) is 0 Å². The molecule has 0 unspecified atom stereocenters. The Balaban J connectivity index is 1.38. The smallest absolute Gasteiger partial charge is 0.250 e. The summed E-state index contributed by atoms with van der Waals surface area (Å²) in [4.78, 5) is 7.46. The molecule has 1 saturated carbocycles. The van der Waals surface area contributed by atoms with Crippen molar-refractivity contribution in [2.24, 2.45) is 11.8 Å². The molecule has 0 aromatic carbocycles. The van der Waals surface area contributed by atoms with Crippen molar-refractivity contribution in [2.75, 3.05) is 18.8 Å². The van der Waals surface area contributed by atoms with Gasteiger partial charge in [-0.3, -0.25) is 4.40 Å². The number of nitrogens with one attached hydrogen (secondary N) is 1. The summed E-state index contributed by atoms with van der Waals surface area (Å²) in [6.45, 7) is 1.91. The fourth-order valence-corrected chi connectivity index (χ4v) is 7.09. The van der Waals surface area contributed by atoms with E-state index in [1.54, 1.807) is 6.20 Å². The van der Waals surface area contributed by atoms with Crippen molar-refractivity contribution in [1.29, 1.82) is 0 Å². The van der Waals surface area contributed by atoms with E-state index in [9.17, 15) is 17.2 Å². The van der Waals surface area contributed by atoms with Crippen LogP contribution >= 0.6 is 0 Å². The molecule has 168 valence electrons. The van der Waals surface area contributed by atoms with Crippen LogP contribution in [0.15, 0.2) is 18.5 Å². The van der Waals surface area contributed by atoms with Crippen LogP contribution in [-0.2, 0) is 10.0 Å². The number of hydrogen-bond acceptors (Lipinski definition) is 5. The highest BCUT2D eigenvalue weighted by Gasteiger charge is 2.42. The molecule has 11 heteroatoms. The summed E-state index contributed by atoms with van der Waals surface area (Å²) in [7, 11) is -3.57. The molecule has 5 rings (SSSR count). The summed E-state index contributed by atoms with van der Waals surface area (Å²) in [5.41, 5.74) is 2.32. The van der Waals surface area contributed by atoms with Crippen molar-refractivity contribution in [1.82, 2.24) is 28.9 Å². The first kappa shape index (κ1) is 20.7. The lowest BCUT2D eigenvalue weighted by molar-refractivity contribution is -0.0412. The van der Waals surface area contributed by atoms with Crippen LogP contribution in [0.3, 0.4) is 0 Å². The number of H-pyrrole nitrogens is 1. The molecule has 8 nitrogen and oxygen atoms in total. The van der Waals surface area contributed by atoms with Gasteiger partial charge in [-0.1, -0.05) is 13.3 Å². The van der Waals surface area contributed by atoms with Gasteiger partial charge in [0.2, 0.25) is 10.0 Å². The molecule has 3 aromatic rings. The fourth-order valence-electron chi connectivity index (χ4n) is 5.28. The van der Waals surface area contributed by atoms with E-state index in [4.69, 9.17) is 0 Å². The van der Waals surface area contributed by atoms with Gasteiger partial charge in [0.25, 0.3) is 5.92 Å². The number of rotatable bonds is 5.